The Morgan fingerprint density at radius 2 is 2.13 bits per heavy atom. The van der Waals surface area contributed by atoms with Gasteiger partial charge >= 0.3 is 0 Å². The topological polar surface area (TPSA) is 81.2 Å². The molecular weight excluding hydrogens is 388 g/mol. The van der Waals surface area contributed by atoms with Gasteiger partial charge in [-0.3, -0.25) is 14.9 Å². The molecule has 0 spiro atoms. The summed E-state index contributed by atoms with van der Waals surface area (Å²) in [6, 6.07) is 10.5. The zero-order chi connectivity index (χ0) is 22.0. The van der Waals surface area contributed by atoms with E-state index in [0.29, 0.717) is 0 Å². The van der Waals surface area contributed by atoms with Gasteiger partial charge in [-0.2, -0.15) is 0 Å². The Labute approximate surface area is 183 Å². The third kappa shape index (κ3) is 4.70. The number of H-pyrrole nitrogens is 1. The monoisotopic (exact) mass is 418 g/mol. The minimum Gasteiger partial charge on any atom is -0.343 e. The highest BCUT2D eigenvalue weighted by Gasteiger charge is 2.24. The average molecular weight is 419 g/mol. The average Bonchev–Trinajstić information content (AvgIpc) is 3.15. The van der Waals surface area contributed by atoms with Crippen molar-refractivity contribution in [1.82, 2.24) is 20.3 Å². The third-order valence-corrected chi connectivity index (χ3v) is 5.97. The molecule has 3 aromatic rings. The second-order valence-electron chi connectivity index (χ2n) is 9.24. The second kappa shape index (κ2) is 8.65. The molecule has 0 bridgehead atoms. The summed E-state index contributed by atoms with van der Waals surface area (Å²) in [5.74, 6) is -0.522. The quantitative estimate of drug-likeness (QED) is 0.333. The van der Waals surface area contributed by atoms with Gasteiger partial charge in [-0.25, -0.2) is 10.5 Å². The number of hydrogen-bond acceptors (Lipinski definition) is 4. The lowest BCUT2D eigenvalue weighted by Crippen LogP contribution is -2.32. The van der Waals surface area contributed by atoms with E-state index in [9.17, 15) is 4.79 Å². The normalized spacial score (nSPS) is 14.8. The largest absolute Gasteiger partial charge is 0.343 e. The fourth-order valence-electron chi connectivity index (χ4n) is 4.38. The summed E-state index contributed by atoms with van der Waals surface area (Å²) < 4.78 is 0. The van der Waals surface area contributed by atoms with Gasteiger partial charge in [0.15, 0.2) is 0 Å². The number of hydrogen-bond donors (Lipinski definition) is 3. The second-order valence-corrected chi connectivity index (χ2v) is 9.24. The van der Waals surface area contributed by atoms with Crippen molar-refractivity contribution < 1.29 is 10.0 Å². The van der Waals surface area contributed by atoms with Gasteiger partial charge in [0, 0.05) is 48.4 Å². The Morgan fingerprint density at radius 1 is 1.29 bits per heavy atom. The first-order chi connectivity index (χ1) is 14.8. The first kappa shape index (κ1) is 21.3. The molecule has 0 saturated heterocycles. The van der Waals surface area contributed by atoms with Crippen LogP contribution in [0.1, 0.15) is 48.7 Å². The van der Waals surface area contributed by atoms with E-state index in [1.807, 2.05) is 18.3 Å². The van der Waals surface area contributed by atoms with E-state index in [1.165, 1.54) is 33.8 Å². The molecule has 0 radical (unpaired) electrons. The van der Waals surface area contributed by atoms with Crippen LogP contribution in [0.4, 0.5) is 0 Å². The van der Waals surface area contributed by atoms with Crippen LogP contribution in [0.5, 0.6) is 0 Å². The highest BCUT2D eigenvalue weighted by atomic mass is 16.5. The first-order valence-electron chi connectivity index (χ1n) is 10.8. The van der Waals surface area contributed by atoms with Crippen LogP contribution in [0.3, 0.4) is 0 Å². The van der Waals surface area contributed by atoms with Gasteiger partial charge < -0.3 is 4.98 Å². The van der Waals surface area contributed by atoms with E-state index in [0.717, 1.165) is 43.7 Å². The zero-order valence-corrected chi connectivity index (χ0v) is 18.4. The van der Waals surface area contributed by atoms with Crippen molar-refractivity contribution in [2.75, 3.05) is 13.1 Å². The SMILES string of the molecule is CC(C)(C)c1[nH]c2ncccc2c1CCN1CCc2cc(/C=C/C(=O)NO)ccc2C1. The fraction of sp³-hybridized carbons (Fsp3) is 0.360. The predicted molar refractivity (Wildman–Crippen MR) is 123 cm³/mol. The Hall–Kier alpha value is -2.96. The molecule has 1 aromatic carbocycles. The number of fused-ring (bicyclic) bond motifs is 2. The maximum Gasteiger partial charge on any atom is 0.267 e. The smallest absolute Gasteiger partial charge is 0.267 e. The van der Waals surface area contributed by atoms with Crippen LogP contribution in [-0.4, -0.2) is 39.1 Å². The van der Waals surface area contributed by atoms with Gasteiger partial charge in [0.25, 0.3) is 5.91 Å². The molecule has 3 N–H and O–H groups in total. The molecule has 3 heterocycles. The Morgan fingerprint density at radius 3 is 2.90 bits per heavy atom. The van der Waals surface area contributed by atoms with Gasteiger partial charge in [0.05, 0.1) is 0 Å². The number of carbonyl (C=O) groups is 1. The summed E-state index contributed by atoms with van der Waals surface area (Å²) >= 11 is 0. The number of pyridine rings is 1. The molecule has 31 heavy (non-hydrogen) atoms. The summed E-state index contributed by atoms with van der Waals surface area (Å²) in [6.45, 7) is 9.69. The van der Waals surface area contributed by atoms with Crippen molar-refractivity contribution in [2.24, 2.45) is 0 Å². The molecule has 1 aliphatic rings. The van der Waals surface area contributed by atoms with Crippen LogP contribution in [-0.2, 0) is 29.6 Å². The van der Waals surface area contributed by atoms with Gasteiger partial charge in [0.2, 0.25) is 0 Å². The third-order valence-electron chi connectivity index (χ3n) is 5.97. The van der Waals surface area contributed by atoms with Crippen molar-refractivity contribution in [1.29, 1.82) is 0 Å². The van der Waals surface area contributed by atoms with Crippen LogP contribution in [0, 0.1) is 0 Å². The predicted octanol–water partition coefficient (Wildman–Crippen LogP) is 3.98. The van der Waals surface area contributed by atoms with Crippen molar-refractivity contribution in [3.63, 3.8) is 0 Å². The first-order valence-corrected chi connectivity index (χ1v) is 10.8. The van der Waals surface area contributed by atoms with Gasteiger partial charge in [-0.05, 0) is 53.3 Å². The molecule has 1 aliphatic heterocycles. The van der Waals surface area contributed by atoms with E-state index < -0.39 is 5.91 Å². The Balaban J connectivity index is 1.47. The Kier molecular flexibility index (Phi) is 5.94. The van der Waals surface area contributed by atoms with Gasteiger partial charge in [-0.1, -0.05) is 39.0 Å². The van der Waals surface area contributed by atoms with Crippen molar-refractivity contribution >= 4 is 23.0 Å². The lowest BCUT2D eigenvalue weighted by Gasteiger charge is -2.29. The number of carbonyl (C=O) groups excluding carboxylic acids is 1. The molecule has 0 aliphatic carbocycles. The number of benzene rings is 1. The van der Waals surface area contributed by atoms with Crippen LogP contribution in [0.2, 0.25) is 0 Å². The maximum atomic E-state index is 11.2. The molecule has 1 amide bonds. The number of rotatable bonds is 5. The minimum absolute atomic E-state index is 0.0430. The zero-order valence-electron chi connectivity index (χ0n) is 18.4. The van der Waals surface area contributed by atoms with E-state index in [1.54, 1.807) is 11.6 Å². The number of hydroxylamine groups is 1. The van der Waals surface area contributed by atoms with E-state index >= 15 is 0 Å². The minimum atomic E-state index is -0.522. The standard InChI is InChI=1S/C25H30N4O2/c1-25(2,3)23-20(21-5-4-12-26-24(21)27-23)11-14-29-13-10-18-15-17(6-8-19(18)16-29)7-9-22(30)28-31/h4-9,12,15,31H,10-11,13-14,16H2,1-3H3,(H,26,27)(H,28,30)/b9-7+. The van der Waals surface area contributed by atoms with Crippen molar-refractivity contribution in [3.8, 4) is 0 Å². The molecule has 162 valence electrons. The van der Waals surface area contributed by atoms with E-state index in [2.05, 4.69) is 53.8 Å². The number of amides is 1. The van der Waals surface area contributed by atoms with Crippen molar-refractivity contribution in [2.45, 2.75) is 45.6 Å². The van der Waals surface area contributed by atoms with Crippen LogP contribution in [0.15, 0.2) is 42.6 Å². The lowest BCUT2D eigenvalue weighted by molar-refractivity contribution is -0.124. The van der Waals surface area contributed by atoms with Crippen LogP contribution >= 0.6 is 0 Å². The molecular formula is C25H30N4O2. The summed E-state index contributed by atoms with van der Waals surface area (Å²) in [5, 5.41) is 9.84. The van der Waals surface area contributed by atoms with E-state index in [-0.39, 0.29) is 5.41 Å². The highest BCUT2D eigenvalue weighted by Crippen LogP contribution is 2.31. The molecule has 0 unspecified atom stereocenters. The Bertz CT molecular complexity index is 1120. The summed E-state index contributed by atoms with van der Waals surface area (Å²) in [4.78, 5) is 21.8. The molecule has 0 fully saturated rings. The number of nitrogens with one attached hydrogen (secondary N) is 2. The number of aromatic amines is 1. The maximum absolute atomic E-state index is 11.2. The molecule has 2 aromatic heterocycles. The summed E-state index contributed by atoms with van der Waals surface area (Å²) in [7, 11) is 0. The molecule has 6 heteroatoms. The number of nitrogens with zero attached hydrogens (tertiary/aromatic N) is 2. The molecule has 6 nitrogen and oxygen atoms in total. The lowest BCUT2D eigenvalue weighted by atomic mass is 9.88. The van der Waals surface area contributed by atoms with Crippen LogP contribution < -0.4 is 5.48 Å². The summed E-state index contributed by atoms with van der Waals surface area (Å²) in [5.41, 5.74) is 8.93. The highest BCUT2D eigenvalue weighted by molar-refractivity contribution is 5.90. The molecule has 0 saturated carbocycles. The van der Waals surface area contributed by atoms with Crippen LogP contribution in [0.25, 0.3) is 17.1 Å². The number of aromatic nitrogens is 2. The fourth-order valence-corrected chi connectivity index (χ4v) is 4.38. The molecule has 4 rings (SSSR count). The summed E-state index contributed by atoms with van der Waals surface area (Å²) in [6.07, 6.45) is 6.88. The molecule has 0 atom stereocenters. The van der Waals surface area contributed by atoms with Gasteiger partial charge in [-0.15, -0.1) is 0 Å². The van der Waals surface area contributed by atoms with Gasteiger partial charge in [0.1, 0.15) is 5.65 Å². The van der Waals surface area contributed by atoms with Crippen molar-refractivity contribution in [3.05, 3.63) is 70.6 Å². The van der Waals surface area contributed by atoms with E-state index in [4.69, 9.17) is 5.21 Å².